The average molecular weight is 392 g/mol. The van der Waals surface area contributed by atoms with Gasteiger partial charge in [-0.05, 0) is 26.0 Å². The van der Waals surface area contributed by atoms with Gasteiger partial charge in [0, 0.05) is 31.9 Å². The van der Waals surface area contributed by atoms with Crippen LogP contribution in [0.15, 0.2) is 24.3 Å². The second-order valence-electron chi connectivity index (χ2n) is 6.01. The van der Waals surface area contributed by atoms with Gasteiger partial charge >= 0.3 is 0 Å². The highest BCUT2D eigenvalue weighted by molar-refractivity contribution is 7.89. The number of rotatable bonds is 6. The second kappa shape index (κ2) is 9.38. The van der Waals surface area contributed by atoms with Gasteiger partial charge in [0.25, 0.3) is 5.91 Å². The van der Waals surface area contributed by atoms with E-state index in [0.717, 1.165) is 0 Å². The quantitative estimate of drug-likeness (QED) is 0.735. The predicted molar refractivity (Wildman–Crippen MR) is 100 cm³/mol. The molecule has 7 nitrogen and oxygen atoms in total. The molecule has 9 heteroatoms. The lowest BCUT2D eigenvalue weighted by Gasteiger charge is -2.34. The molecule has 1 heterocycles. The lowest BCUT2D eigenvalue weighted by Crippen LogP contribution is -2.51. The zero-order valence-electron chi connectivity index (χ0n) is 14.6. The van der Waals surface area contributed by atoms with Crippen LogP contribution in [0, 0.1) is 0 Å². The molecule has 1 saturated heterocycles. The number of para-hydroxylation sites is 1. The molecule has 0 aromatic heterocycles. The van der Waals surface area contributed by atoms with Gasteiger partial charge in [-0.2, -0.15) is 4.31 Å². The van der Waals surface area contributed by atoms with E-state index in [9.17, 15) is 13.2 Å². The minimum atomic E-state index is -3.36. The normalized spacial score (nSPS) is 15.9. The third-order valence-corrected chi connectivity index (χ3v) is 5.74. The van der Waals surface area contributed by atoms with Crippen LogP contribution in [0.4, 0.5) is 5.69 Å². The lowest BCUT2D eigenvalue weighted by molar-refractivity contribution is 0.0694. The Hall–Kier alpha value is -1.35. The third kappa shape index (κ3) is 5.85. The van der Waals surface area contributed by atoms with Crippen molar-refractivity contribution in [1.29, 1.82) is 0 Å². The topological polar surface area (TPSA) is 92.9 Å². The predicted octanol–water partition coefficient (Wildman–Crippen LogP) is 1.20. The molecule has 0 saturated carbocycles. The largest absolute Gasteiger partial charge is 0.398 e. The van der Waals surface area contributed by atoms with E-state index in [1.54, 1.807) is 29.2 Å². The van der Waals surface area contributed by atoms with Crippen molar-refractivity contribution in [1.82, 2.24) is 9.21 Å². The van der Waals surface area contributed by atoms with E-state index in [1.807, 2.05) is 13.8 Å². The van der Waals surface area contributed by atoms with Gasteiger partial charge in [0.05, 0.1) is 24.0 Å². The van der Waals surface area contributed by atoms with Crippen molar-refractivity contribution in [2.45, 2.75) is 20.0 Å². The Morgan fingerprint density at radius 1 is 1.20 bits per heavy atom. The first kappa shape index (κ1) is 21.7. The Bertz CT molecular complexity index is 674. The number of halogens is 1. The van der Waals surface area contributed by atoms with Crippen molar-refractivity contribution in [2.24, 2.45) is 0 Å². The zero-order chi connectivity index (χ0) is 17.7. The number of ether oxygens (including phenoxy) is 1. The summed E-state index contributed by atoms with van der Waals surface area (Å²) in [5, 5.41) is 0. The number of piperazine rings is 1. The Morgan fingerprint density at radius 2 is 1.80 bits per heavy atom. The van der Waals surface area contributed by atoms with E-state index < -0.39 is 10.0 Å². The number of nitrogen functional groups attached to an aromatic ring is 1. The van der Waals surface area contributed by atoms with Gasteiger partial charge in [-0.3, -0.25) is 4.79 Å². The number of anilines is 1. The molecule has 142 valence electrons. The Kier molecular flexibility index (Phi) is 8.14. The molecule has 0 bridgehead atoms. The van der Waals surface area contributed by atoms with Crippen LogP contribution < -0.4 is 5.73 Å². The van der Waals surface area contributed by atoms with E-state index in [0.29, 0.717) is 37.4 Å². The minimum absolute atomic E-state index is 0. The monoisotopic (exact) mass is 391 g/mol. The number of amides is 1. The first-order valence-corrected chi connectivity index (χ1v) is 9.65. The van der Waals surface area contributed by atoms with Gasteiger partial charge in [0.1, 0.15) is 0 Å². The molecule has 0 unspecified atom stereocenters. The summed E-state index contributed by atoms with van der Waals surface area (Å²) in [7, 11) is -3.36. The molecule has 1 fully saturated rings. The van der Waals surface area contributed by atoms with Crippen LogP contribution in [-0.2, 0) is 14.8 Å². The molecule has 0 radical (unpaired) electrons. The third-order valence-electron chi connectivity index (χ3n) is 3.90. The number of sulfonamides is 1. The van der Waals surface area contributed by atoms with Gasteiger partial charge in [-0.25, -0.2) is 8.42 Å². The lowest BCUT2D eigenvalue weighted by atomic mass is 10.1. The number of carbonyl (C=O) groups excluding carboxylic acids is 1. The van der Waals surface area contributed by atoms with Crippen LogP contribution in [-0.4, -0.2) is 68.2 Å². The molecule has 2 N–H and O–H groups in total. The Labute approximate surface area is 155 Å². The summed E-state index contributed by atoms with van der Waals surface area (Å²) in [6.07, 6.45) is 0.00556. The fourth-order valence-electron chi connectivity index (χ4n) is 2.55. The standard InChI is InChI=1S/C16H25N3O4S.ClH/c1-13(2)23-11-12-24(21,22)19-9-7-18(8-10-19)16(20)14-5-3-4-6-15(14)17;/h3-6,13H,7-12,17H2,1-2H3;1H. The van der Waals surface area contributed by atoms with Gasteiger partial charge in [-0.1, -0.05) is 12.1 Å². The van der Waals surface area contributed by atoms with Crippen LogP contribution in [0.25, 0.3) is 0 Å². The number of hydrogen-bond donors (Lipinski definition) is 1. The van der Waals surface area contributed by atoms with Crippen molar-refractivity contribution in [3.63, 3.8) is 0 Å². The molecule has 1 aromatic rings. The number of nitrogens with two attached hydrogens (primary N) is 1. The van der Waals surface area contributed by atoms with E-state index in [2.05, 4.69) is 0 Å². The summed E-state index contributed by atoms with van der Waals surface area (Å²) in [4.78, 5) is 14.1. The molecule has 1 aromatic carbocycles. The first-order valence-electron chi connectivity index (χ1n) is 8.04. The molecule has 1 amide bonds. The van der Waals surface area contributed by atoms with E-state index in [1.165, 1.54) is 4.31 Å². The van der Waals surface area contributed by atoms with Crippen LogP contribution in [0.1, 0.15) is 24.2 Å². The Balaban J connectivity index is 0.00000312. The number of nitrogens with zero attached hydrogens (tertiary/aromatic N) is 2. The number of carbonyl (C=O) groups is 1. The summed E-state index contributed by atoms with van der Waals surface area (Å²) < 4.78 is 31.3. The maximum absolute atomic E-state index is 12.5. The van der Waals surface area contributed by atoms with Gasteiger partial charge < -0.3 is 15.4 Å². The SMILES string of the molecule is CC(C)OCCS(=O)(=O)N1CCN(C(=O)c2ccccc2N)CC1.Cl. The maximum atomic E-state index is 12.5. The van der Waals surface area contributed by atoms with Crippen LogP contribution in [0.5, 0.6) is 0 Å². The number of hydrogen-bond acceptors (Lipinski definition) is 5. The Morgan fingerprint density at radius 3 is 2.36 bits per heavy atom. The molecule has 1 aliphatic rings. The van der Waals surface area contributed by atoms with Crippen molar-refractivity contribution in [3.05, 3.63) is 29.8 Å². The van der Waals surface area contributed by atoms with Gasteiger partial charge in [0.15, 0.2) is 0 Å². The van der Waals surface area contributed by atoms with Crippen LogP contribution >= 0.6 is 12.4 Å². The molecular weight excluding hydrogens is 366 g/mol. The molecule has 0 aliphatic carbocycles. The van der Waals surface area contributed by atoms with Crippen molar-refractivity contribution in [2.75, 3.05) is 44.3 Å². The molecule has 2 rings (SSSR count). The number of benzene rings is 1. The van der Waals surface area contributed by atoms with Crippen molar-refractivity contribution in [3.8, 4) is 0 Å². The highest BCUT2D eigenvalue weighted by Crippen LogP contribution is 2.16. The summed E-state index contributed by atoms with van der Waals surface area (Å²) >= 11 is 0. The summed E-state index contributed by atoms with van der Waals surface area (Å²) in [6, 6.07) is 6.90. The highest BCUT2D eigenvalue weighted by atomic mass is 35.5. The smallest absolute Gasteiger partial charge is 0.256 e. The minimum Gasteiger partial charge on any atom is -0.398 e. The summed E-state index contributed by atoms with van der Waals surface area (Å²) in [6.45, 7) is 5.22. The second-order valence-corrected chi connectivity index (χ2v) is 8.10. The van der Waals surface area contributed by atoms with E-state index in [-0.39, 0.29) is 36.8 Å². The zero-order valence-corrected chi connectivity index (χ0v) is 16.2. The summed E-state index contributed by atoms with van der Waals surface area (Å²) in [5.41, 5.74) is 6.73. The fourth-order valence-corrected chi connectivity index (χ4v) is 3.83. The van der Waals surface area contributed by atoms with Crippen molar-refractivity contribution >= 4 is 34.0 Å². The molecule has 0 atom stereocenters. The van der Waals surface area contributed by atoms with Gasteiger partial charge in [0.2, 0.25) is 10.0 Å². The first-order chi connectivity index (χ1) is 11.3. The molecule has 1 aliphatic heterocycles. The molecular formula is C16H26ClN3O4S. The van der Waals surface area contributed by atoms with E-state index in [4.69, 9.17) is 10.5 Å². The fraction of sp³-hybridized carbons (Fsp3) is 0.562. The maximum Gasteiger partial charge on any atom is 0.256 e. The van der Waals surface area contributed by atoms with Crippen molar-refractivity contribution < 1.29 is 17.9 Å². The van der Waals surface area contributed by atoms with Crippen LogP contribution in [0.3, 0.4) is 0 Å². The summed E-state index contributed by atoms with van der Waals surface area (Å²) in [5.74, 6) is -0.196. The van der Waals surface area contributed by atoms with E-state index >= 15 is 0 Å². The average Bonchev–Trinajstić information content (AvgIpc) is 2.54. The van der Waals surface area contributed by atoms with Crippen LogP contribution in [0.2, 0.25) is 0 Å². The van der Waals surface area contributed by atoms with Gasteiger partial charge in [-0.15, -0.1) is 12.4 Å². The molecule has 0 spiro atoms. The highest BCUT2D eigenvalue weighted by Gasteiger charge is 2.29. The molecule has 25 heavy (non-hydrogen) atoms.